The van der Waals surface area contributed by atoms with Gasteiger partial charge in [-0.1, -0.05) is 34.8 Å². The van der Waals surface area contributed by atoms with Crippen LogP contribution in [0, 0.1) is 6.92 Å². The number of nitrogens with one attached hydrogen (secondary N) is 1. The zero-order valence-corrected chi connectivity index (χ0v) is 15.4. The summed E-state index contributed by atoms with van der Waals surface area (Å²) in [6.45, 7) is 3.31. The normalized spacial score (nSPS) is 11.6. The highest BCUT2D eigenvalue weighted by Gasteiger charge is 2.22. The van der Waals surface area contributed by atoms with Crippen LogP contribution in [0.5, 0.6) is 5.75 Å². The molecule has 0 aromatic heterocycles. The molecular formula is C18H17Cl2NO4. The summed E-state index contributed by atoms with van der Waals surface area (Å²) in [6, 6.07) is 9.80. The predicted molar refractivity (Wildman–Crippen MR) is 97.7 cm³/mol. The molecule has 0 aliphatic rings. The molecule has 132 valence electrons. The average molecular weight is 382 g/mol. The quantitative estimate of drug-likeness (QED) is 0.774. The monoisotopic (exact) mass is 381 g/mol. The molecule has 0 aliphatic heterocycles. The van der Waals surface area contributed by atoms with E-state index >= 15 is 0 Å². The molecule has 0 radical (unpaired) electrons. The molecule has 0 saturated carbocycles. The molecule has 7 heteroatoms. The summed E-state index contributed by atoms with van der Waals surface area (Å²) < 4.78 is 10.4. The Hall–Kier alpha value is -2.24. The Morgan fingerprint density at radius 1 is 1.12 bits per heavy atom. The Morgan fingerprint density at radius 2 is 1.84 bits per heavy atom. The Balaban J connectivity index is 2.09. The second-order valence-electron chi connectivity index (χ2n) is 5.36. The maximum atomic E-state index is 12.3. The summed E-state index contributed by atoms with van der Waals surface area (Å²) in [5, 5.41) is 3.34. The van der Waals surface area contributed by atoms with Crippen molar-refractivity contribution in [3.8, 4) is 5.75 Å². The summed E-state index contributed by atoms with van der Waals surface area (Å²) in [5.74, 6) is -0.800. The number of hydrogen-bond acceptors (Lipinski definition) is 4. The lowest BCUT2D eigenvalue weighted by Crippen LogP contribution is -2.30. The number of anilines is 1. The van der Waals surface area contributed by atoms with Crippen molar-refractivity contribution >= 4 is 40.8 Å². The smallest absolute Gasteiger partial charge is 0.342 e. The average Bonchev–Trinajstić information content (AvgIpc) is 2.57. The molecule has 0 saturated heterocycles. The van der Waals surface area contributed by atoms with E-state index in [2.05, 4.69) is 5.32 Å². The fraction of sp³-hybridized carbons (Fsp3) is 0.222. The van der Waals surface area contributed by atoms with Crippen LogP contribution in [0.4, 0.5) is 5.69 Å². The second kappa shape index (κ2) is 8.23. The van der Waals surface area contributed by atoms with Crippen molar-refractivity contribution < 1.29 is 19.1 Å². The van der Waals surface area contributed by atoms with E-state index in [0.717, 1.165) is 5.56 Å². The van der Waals surface area contributed by atoms with Gasteiger partial charge in [-0.15, -0.1) is 0 Å². The number of halogens is 2. The summed E-state index contributed by atoms with van der Waals surface area (Å²) in [7, 11) is 1.46. The number of methoxy groups -OCH3 is 1. The van der Waals surface area contributed by atoms with E-state index in [0.29, 0.717) is 21.5 Å². The first kappa shape index (κ1) is 19.1. The summed E-state index contributed by atoms with van der Waals surface area (Å²) >= 11 is 11.9. The van der Waals surface area contributed by atoms with Crippen LogP contribution in [-0.2, 0) is 9.53 Å². The Bertz CT molecular complexity index is 808. The van der Waals surface area contributed by atoms with Crippen LogP contribution in [0.1, 0.15) is 22.8 Å². The first-order valence-corrected chi connectivity index (χ1v) is 8.19. The van der Waals surface area contributed by atoms with Crippen molar-refractivity contribution in [1.29, 1.82) is 0 Å². The van der Waals surface area contributed by atoms with Gasteiger partial charge in [0, 0.05) is 5.02 Å². The Kier molecular flexibility index (Phi) is 6.28. The van der Waals surface area contributed by atoms with Crippen molar-refractivity contribution in [2.45, 2.75) is 20.0 Å². The fourth-order valence-corrected chi connectivity index (χ4v) is 2.42. The van der Waals surface area contributed by atoms with Gasteiger partial charge in [0.25, 0.3) is 5.91 Å². The van der Waals surface area contributed by atoms with Crippen molar-refractivity contribution in [3.63, 3.8) is 0 Å². The number of carbonyl (C=O) groups excluding carboxylic acids is 2. The van der Waals surface area contributed by atoms with Gasteiger partial charge in [-0.25, -0.2) is 4.79 Å². The summed E-state index contributed by atoms with van der Waals surface area (Å²) in [5.41, 5.74) is 1.47. The number of aryl methyl sites for hydroxylation is 1. The minimum absolute atomic E-state index is 0.253. The van der Waals surface area contributed by atoms with E-state index < -0.39 is 18.0 Å². The minimum atomic E-state index is -1.03. The lowest BCUT2D eigenvalue weighted by Gasteiger charge is -2.15. The van der Waals surface area contributed by atoms with Crippen LogP contribution in [0.15, 0.2) is 36.4 Å². The van der Waals surface area contributed by atoms with Crippen molar-refractivity contribution in [1.82, 2.24) is 0 Å². The molecule has 0 unspecified atom stereocenters. The molecular weight excluding hydrogens is 365 g/mol. The van der Waals surface area contributed by atoms with E-state index in [-0.39, 0.29) is 5.56 Å². The molecule has 0 bridgehead atoms. The van der Waals surface area contributed by atoms with Gasteiger partial charge in [0.15, 0.2) is 6.10 Å². The molecule has 1 amide bonds. The van der Waals surface area contributed by atoms with E-state index in [1.807, 2.05) is 13.0 Å². The topological polar surface area (TPSA) is 64.6 Å². The molecule has 25 heavy (non-hydrogen) atoms. The molecule has 1 atom stereocenters. The number of ether oxygens (including phenoxy) is 2. The standard InChI is InChI=1S/C18H17Cl2NO4/c1-10-4-7-16(24-3)13(8-10)18(23)25-11(2)17(22)21-15-9-12(19)5-6-14(15)20/h4-9,11H,1-3H3,(H,21,22)/t11-/m1/s1. The maximum Gasteiger partial charge on any atom is 0.342 e. The molecule has 0 aliphatic carbocycles. The highest BCUT2D eigenvalue weighted by molar-refractivity contribution is 6.35. The van der Waals surface area contributed by atoms with Crippen LogP contribution >= 0.6 is 23.2 Å². The third-order valence-electron chi connectivity index (χ3n) is 3.41. The largest absolute Gasteiger partial charge is 0.496 e. The van der Waals surface area contributed by atoms with Crippen LogP contribution in [0.3, 0.4) is 0 Å². The number of amides is 1. The molecule has 2 rings (SSSR count). The Morgan fingerprint density at radius 3 is 2.52 bits per heavy atom. The molecule has 0 fully saturated rings. The van der Waals surface area contributed by atoms with Crippen LogP contribution in [0.25, 0.3) is 0 Å². The summed E-state index contributed by atoms with van der Waals surface area (Å²) in [6.07, 6.45) is -1.03. The van der Waals surface area contributed by atoms with E-state index in [4.69, 9.17) is 32.7 Å². The number of rotatable bonds is 5. The molecule has 5 nitrogen and oxygen atoms in total. The fourth-order valence-electron chi connectivity index (χ4n) is 2.09. The van der Waals surface area contributed by atoms with Gasteiger partial charge in [0.05, 0.1) is 17.8 Å². The molecule has 0 heterocycles. The lowest BCUT2D eigenvalue weighted by atomic mass is 10.1. The van der Waals surface area contributed by atoms with E-state index in [1.165, 1.54) is 20.1 Å². The predicted octanol–water partition coefficient (Wildman–Crippen LogP) is 4.49. The second-order valence-corrected chi connectivity index (χ2v) is 6.21. The number of hydrogen-bond donors (Lipinski definition) is 1. The Labute approximate surface area is 155 Å². The minimum Gasteiger partial charge on any atom is -0.496 e. The van der Waals surface area contributed by atoms with Crippen molar-refractivity contribution in [2.75, 3.05) is 12.4 Å². The van der Waals surface area contributed by atoms with Gasteiger partial charge >= 0.3 is 5.97 Å². The van der Waals surface area contributed by atoms with Gasteiger partial charge < -0.3 is 14.8 Å². The van der Waals surface area contributed by atoms with Crippen LogP contribution in [-0.4, -0.2) is 25.1 Å². The van der Waals surface area contributed by atoms with Crippen LogP contribution < -0.4 is 10.1 Å². The van der Waals surface area contributed by atoms with Crippen LogP contribution in [0.2, 0.25) is 10.0 Å². The number of esters is 1. The molecule has 1 N–H and O–H groups in total. The number of carbonyl (C=O) groups is 2. The first-order valence-electron chi connectivity index (χ1n) is 7.43. The third-order valence-corrected chi connectivity index (χ3v) is 3.98. The third kappa shape index (κ3) is 4.87. The first-order chi connectivity index (χ1) is 11.8. The van der Waals surface area contributed by atoms with Gasteiger partial charge in [-0.2, -0.15) is 0 Å². The zero-order chi connectivity index (χ0) is 18.6. The SMILES string of the molecule is COc1ccc(C)cc1C(=O)O[C@H](C)C(=O)Nc1cc(Cl)ccc1Cl. The van der Waals surface area contributed by atoms with Crippen molar-refractivity contribution in [3.05, 3.63) is 57.6 Å². The zero-order valence-electron chi connectivity index (χ0n) is 13.9. The van der Waals surface area contributed by atoms with Gasteiger partial charge in [0.2, 0.25) is 0 Å². The molecule has 2 aromatic carbocycles. The van der Waals surface area contributed by atoms with E-state index in [9.17, 15) is 9.59 Å². The highest BCUT2D eigenvalue weighted by atomic mass is 35.5. The number of benzene rings is 2. The summed E-state index contributed by atoms with van der Waals surface area (Å²) in [4.78, 5) is 24.6. The molecule has 0 spiro atoms. The lowest BCUT2D eigenvalue weighted by molar-refractivity contribution is -0.123. The van der Waals surface area contributed by atoms with Gasteiger partial charge in [-0.05, 0) is 44.2 Å². The van der Waals surface area contributed by atoms with Gasteiger partial charge in [-0.3, -0.25) is 4.79 Å². The highest BCUT2D eigenvalue weighted by Crippen LogP contribution is 2.26. The maximum absolute atomic E-state index is 12.3. The molecule has 2 aromatic rings. The van der Waals surface area contributed by atoms with E-state index in [1.54, 1.807) is 24.3 Å². The van der Waals surface area contributed by atoms with Crippen molar-refractivity contribution in [2.24, 2.45) is 0 Å². The van der Waals surface area contributed by atoms with Gasteiger partial charge in [0.1, 0.15) is 11.3 Å².